The van der Waals surface area contributed by atoms with Crippen LogP contribution in [0, 0.1) is 0 Å². The number of carbonyl (C=O) groups is 1. The summed E-state index contributed by atoms with van der Waals surface area (Å²) in [6, 6.07) is 7.64. The second kappa shape index (κ2) is 17.6. The van der Waals surface area contributed by atoms with Crippen LogP contribution in [-0.4, -0.2) is 25.8 Å². The van der Waals surface area contributed by atoms with Crippen LogP contribution in [0.15, 0.2) is 24.3 Å². The van der Waals surface area contributed by atoms with E-state index in [2.05, 4.69) is 6.92 Å². The fraction of sp³-hybridized carbons (Fsp3) is 0.708. The molecular formula is C24H40O4P+. The summed E-state index contributed by atoms with van der Waals surface area (Å²) in [5, 5.41) is 0. The lowest BCUT2D eigenvalue weighted by Crippen LogP contribution is -2.06. The lowest BCUT2D eigenvalue weighted by molar-refractivity contribution is 0.0497. The maximum Gasteiger partial charge on any atom is 0.507 e. The van der Waals surface area contributed by atoms with Crippen molar-refractivity contribution >= 4 is 14.0 Å². The zero-order chi connectivity index (χ0) is 21.2. The van der Waals surface area contributed by atoms with Crippen LogP contribution in [0.1, 0.15) is 99.9 Å². The molecule has 1 aromatic rings. The molecule has 0 aliphatic carbocycles. The number of hydrogen-bond donors (Lipinski definition) is 0. The lowest BCUT2D eigenvalue weighted by Gasteiger charge is -2.06. The van der Waals surface area contributed by atoms with Gasteiger partial charge < -0.3 is 4.74 Å². The van der Waals surface area contributed by atoms with Crippen molar-refractivity contribution in [2.45, 2.75) is 90.4 Å². The van der Waals surface area contributed by atoms with Gasteiger partial charge in [0.05, 0.1) is 19.3 Å². The molecule has 1 aromatic carbocycles. The van der Waals surface area contributed by atoms with Crippen LogP contribution in [0.2, 0.25) is 0 Å². The summed E-state index contributed by atoms with van der Waals surface area (Å²) >= 11 is 0. The van der Waals surface area contributed by atoms with Crippen LogP contribution < -0.4 is 0 Å². The number of carbonyl (C=O) groups excluding carboxylic acids is 1. The minimum atomic E-state index is -1.50. The van der Waals surface area contributed by atoms with Gasteiger partial charge in [-0.05, 0) is 47.9 Å². The molecule has 0 aliphatic heterocycles. The van der Waals surface area contributed by atoms with Crippen LogP contribution in [-0.2, 0) is 20.2 Å². The number of aryl methyl sites for hydroxylation is 1. The maximum absolute atomic E-state index is 12.1. The van der Waals surface area contributed by atoms with Gasteiger partial charge in [-0.2, -0.15) is 0 Å². The van der Waals surface area contributed by atoms with Crippen molar-refractivity contribution in [3.05, 3.63) is 35.4 Å². The standard InChI is InChI=1S/C24H40O4P/c1-3-4-5-6-7-8-9-10-11-13-20-28-24(25)23-18-16-22(17-19-23)15-12-14-21-29(26)27-2/h16-19H,3-15,20-21H2,1-2H3/q+1. The maximum atomic E-state index is 12.1. The number of unbranched alkanes of at least 4 members (excludes halogenated alkanes) is 10. The summed E-state index contributed by atoms with van der Waals surface area (Å²) in [6.07, 6.45) is 16.1. The SMILES string of the molecule is CCCCCCCCCCCCOC(=O)c1ccc(CCCC[P+](=O)OC)cc1. The molecule has 0 amide bonds. The van der Waals surface area contributed by atoms with Crippen molar-refractivity contribution in [3.63, 3.8) is 0 Å². The second-order valence-corrected chi connectivity index (χ2v) is 9.19. The van der Waals surface area contributed by atoms with Gasteiger partial charge in [0.25, 0.3) is 0 Å². The molecule has 0 aromatic heterocycles. The average Bonchev–Trinajstić information content (AvgIpc) is 2.75. The highest BCUT2D eigenvalue weighted by molar-refractivity contribution is 7.39. The molecule has 0 saturated carbocycles. The summed E-state index contributed by atoms with van der Waals surface area (Å²) in [4.78, 5) is 12.1. The van der Waals surface area contributed by atoms with E-state index in [1.165, 1.54) is 64.0 Å². The van der Waals surface area contributed by atoms with E-state index in [0.717, 1.165) is 32.1 Å². The van der Waals surface area contributed by atoms with Crippen molar-refractivity contribution in [2.75, 3.05) is 19.9 Å². The molecule has 0 aliphatic rings. The molecule has 0 fully saturated rings. The fourth-order valence-electron chi connectivity index (χ4n) is 3.31. The van der Waals surface area contributed by atoms with Gasteiger partial charge >= 0.3 is 14.0 Å². The summed E-state index contributed by atoms with van der Waals surface area (Å²) in [5.41, 5.74) is 1.80. The Labute approximate surface area is 178 Å². The van der Waals surface area contributed by atoms with Gasteiger partial charge in [-0.25, -0.2) is 4.79 Å². The molecule has 0 radical (unpaired) electrons. The number of ether oxygens (including phenoxy) is 1. The zero-order valence-electron chi connectivity index (χ0n) is 18.5. The highest BCUT2D eigenvalue weighted by Crippen LogP contribution is 2.22. The first-order chi connectivity index (χ1) is 14.2. The highest BCUT2D eigenvalue weighted by Gasteiger charge is 2.13. The van der Waals surface area contributed by atoms with Crippen molar-refractivity contribution < 1.29 is 18.6 Å². The van der Waals surface area contributed by atoms with Gasteiger partial charge in [0.1, 0.15) is 0 Å². The molecular weight excluding hydrogens is 383 g/mol. The number of benzene rings is 1. The number of rotatable bonds is 18. The molecule has 1 atom stereocenters. The fourth-order valence-corrected chi connectivity index (χ4v) is 3.97. The van der Waals surface area contributed by atoms with Crippen molar-refractivity contribution in [2.24, 2.45) is 0 Å². The van der Waals surface area contributed by atoms with E-state index in [0.29, 0.717) is 18.3 Å². The largest absolute Gasteiger partial charge is 0.507 e. The molecule has 0 spiro atoms. The van der Waals surface area contributed by atoms with Crippen molar-refractivity contribution in [3.8, 4) is 0 Å². The van der Waals surface area contributed by atoms with Gasteiger partial charge in [0, 0.05) is 0 Å². The van der Waals surface area contributed by atoms with Crippen LogP contribution in [0.4, 0.5) is 0 Å². The highest BCUT2D eigenvalue weighted by atomic mass is 31.1. The Kier molecular flexibility index (Phi) is 15.6. The van der Waals surface area contributed by atoms with Gasteiger partial charge in [-0.15, -0.1) is 4.52 Å². The Morgan fingerprint density at radius 3 is 2.00 bits per heavy atom. The number of esters is 1. The molecule has 1 unspecified atom stereocenters. The lowest BCUT2D eigenvalue weighted by atomic mass is 10.1. The molecule has 1 rings (SSSR count). The van der Waals surface area contributed by atoms with E-state index in [1.54, 1.807) is 0 Å². The molecule has 0 N–H and O–H groups in total. The topological polar surface area (TPSA) is 52.6 Å². The quantitative estimate of drug-likeness (QED) is 0.140. The van der Waals surface area contributed by atoms with Crippen molar-refractivity contribution in [1.29, 1.82) is 0 Å². The number of hydrogen-bond acceptors (Lipinski definition) is 4. The smallest absolute Gasteiger partial charge is 0.462 e. The van der Waals surface area contributed by atoms with Crippen LogP contribution >= 0.6 is 8.03 Å². The monoisotopic (exact) mass is 423 g/mol. The Morgan fingerprint density at radius 2 is 1.41 bits per heavy atom. The molecule has 0 saturated heterocycles. The van der Waals surface area contributed by atoms with Gasteiger partial charge in [-0.1, -0.05) is 76.8 Å². The average molecular weight is 424 g/mol. The van der Waals surface area contributed by atoms with E-state index in [9.17, 15) is 9.36 Å². The minimum absolute atomic E-state index is 0.232. The molecule has 4 nitrogen and oxygen atoms in total. The van der Waals surface area contributed by atoms with E-state index in [-0.39, 0.29) is 5.97 Å². The summed E-state index contributed by atoms with van der Waals surface area (Å²) < 4.78 is 21.4. The Balaban J connectivity index is 2.06. The van der Waals surface area contributed by atoms with Crippen molar-refractivity contribution in [1.82, 2.24) is 0 Å². The molecule has 0 heterocycles. The molecule has 5 heteroatoms. The third kappa shape index (κ3) is 13.6. The summed E-state index contributed by atoms with van der Waals surface area (Å²) in [5.74, 6) is -0.232. The summed E-state index contributed by atoms with van der Waals surface area (Å²) in [7, 11) is -0.0204. The molecule has 29 heavy (non-hydrogen) atoms. The van der Waals surface area contributed by atoms with Gasteiger partial charge in [0.2, 0.25) is 0 Å². The summed E-state index contributed by atoms with van der Waals surface area (Å²) in [6.45, 7) is 2.76. The van der Waals surface area contributed by atoms with Crippen LogP contribution in [0.5, 0.6) is 0 Å². The van der Waals surface area contributed by atoms with E-state index in [1.807, 2.05) is 24.3 Å². The van der Waals surface area contributed by atoms with E-state index >= 15 is 0 Å². The third-order valence-corrected chi connectivity index (χ3v) is 6.27. The molecule has 164 valence electrons. The van der Waals surface area contributed by atoms with Gasteiger partial charge in [0.15, 0.2) is 6.16 Å². The van der Waals surface area contributed by atoms with E-state index in [4.69, 9.17) is 9.26 Å². The Morgan fingerprint density at radius 1 is 0.828 bits per heavy atom. The Bertz CT molecular complexity index is 557. The van der Waals surface area contributed by atoms with Gasteiger partial charge in [-0.3, -0.25) is 0 Å². The second-order valence-electron chi connectivity index (χ2n) is 7.71. The first-order valence-corrected chi connectivity index (χ1v) is 12.8. The van der Waals surface area contributed by atoms with Crippen LogP contribution in [0.25, 0.3) is 0 Å². The first-order valence-electron chi connectivity index (χ1n) is 11.4. The zero-order valence-corrected chi connectivity index (χ0v) is 19.4. The predicted octanol–water partition coefficient (Wildman–Crippen LogP) is 7.48. The normalized spacial score (nSPS) is 11.4. The van der Waals surface area contributed by atoms with Crippen LogP contribution in [0.3, 0.4) is 0 Å². The Hall–Kier alpha value is -1.25. The molecule has 0 bridgehead atoms. The predicted molar refractivity (Wildman–Crippen MR) is 121 cm³/mol. The first kappa shape index (κ1) is 25.8. The van der Waals surface area contributed by atoms with E-state index < -0.39 is 8.03 Å². The third-order valence-electron chi connectivity index (χ3n) is 5.18. The minimum Gasteiger partial charge on any atom is -0.462 e.